The minimum Gasteiger partial charge on any atom is -0.361 e. The van der Waals surface area contributed by atoms with Crippen molar-refractivity contribution in [1.29, 1.82) is 5.26 Å². The number of amides is 2. The van der Waals surface area contributed by atoms with Crippen LogP contribution in [-0.2, 0) is 40.4 Å². The smallest absolute Gasteiger partial charge is 0.229 e. The normalized spacial score (nSPS) is 12.2. The van der Waals surface area contributed by atoms with E-state index in [1.807, 2.05) is 6.92 Å². The summed E-state index contributed by atoms with van der Waals surface area (Å²) >= 11 is 6.02. The van der Waals surface area contributed by atoms with Crippen molar-refractivity contribution in [3.8, 4) is 17.3 Å². The van der Waals surface area contributed by atoms with E-state index in [9.17, 15) is 14.0 Å². The second-order valence-corrected chi connectivity index (χ2v) is 17.5. The van der Waals surface area contributed by atoms with E-state index in [1.54, 1.807) is 47.9 Å². The fourth-order valence-electron chi connectivity index (χ4n) is 3.95. The van der Waals surface area contributed by atoms with Gasteiger partial charge < -0.3 is 19.5 Å². The Morgan fingerprint density at radius 1 is 1.27 bits per heavy atom. The Kier molecular flexibility index (Phi) is 10.8. The molecule has 2 amide bonds. The molecule has 0 aliphatic carbocycles. The monoisotopic (exact) mass is 601 g/mol. The van der Waals surface area contributed by atoms with Gasteiger partial charge in [0.15, 0.2) is 0 Å². The third kappa shape index (κ3) is 9.52. The zero-order valence-corrected chi connectivity index (χ0v) is 26.1. The quantitative estimate of drug-likeness (QED) is 0.233. The SMILES string of the molecule is C[C@@H](Cn1ccc(-c2cc(F)c(C#N)c(Cl)c2)n1)NC(=O)Cc1cn(COCC[Si](C)(C)C)c(CC(=O)N(C)C)n1. The van der Waals surface area contributed by atoms with Crippen molar-refractivity contribution in [2.75, 3.05) is 20.7 Å². The fraction of sp³-hybridized carbons (Fsp3) is 0.464. The number of nitriles is 1. The Balaban J connectivity index is 1.61. The molecule has 1 N–H and O–H groups in total. The maximum atomic E-state index is 14.2. The first-order chi connectivity index (χ1) is 19.3. The molecule has 2 heterocycles. The van der Waals surface area contributed by atoms with Crippen LogP contribution in [0.5, 0.6) is 0 Å². The lowest BCUT2D eigenvalue weighted by Crippen LogP contribution is -2.36. The Bertz CT molecular complexity index is 1400. The topological polar surface area (TPSA) is 118 Å². The van der Waals surface area contributed by atoms with E-state index in [1.165, 1.54) is 17.0 Å². The number of ether oxygens (including phenoxy) is 1. The molecule has 3 aromatic rings. The van der Waals surface area contributed by atoms with Crippen LogP contribution in [0.4, 0.5) is 4.39 Å². The first-order valence-electron chi connectivity index (χ1n) is 13.3. The molecule has 0 bridgehead atoms. The summed E-state index contributed by atoms with van der Waals surface area (Å²) in [7, 11) is 2.15. The average molecular weight is 602 g/mol. The molecule has 0 fully saturated rings. The summed E-state index contributed by atoms with van der Waals surface area (Å²) in [6.07, 6.45) is 3.64. The number of halogens is 2. The highest BCUT2D eigenvalue weighted by Gasteiger charge is 2.18. The zero-order valence-electron chi connectivity index (χ0n) is 24.4. The van der Waals surface area contributed by atoms with E-state index in [0.717, 1.165) is 6.04 Å². The molecule has 0 spiro atoms. The van der Waals surface area contributed by atoms with E-state index in [0.29, 0.717) is 35.9 Å². The molecule has 0 saturated heterocycles. The minimum absolute atomic E-state index is 0.0208. The number of hydrogen-bond donors (Lipinski definition) is 1. The third-order valence-electron chi connectivity index (χ3n) is 6.24. The van der Waals surface area contributed by atoms with Gasteiger partial charge in [-0.15, -0.1) is 0 Å². The predicted octanol–water partition coefficient (Wildman–Crippen LogP) is 4.10. The first-order valence-corrected chi connectivity index (χ1v) is 17.4. The van der Waals surface area contributed by atoms with Crippen molar-refractivity contribution < 1.29 is 18.7 Å². The van der Waals surface area contributed by atoms with Gasteiger partial charge in [0.05, 0.1) is 35.8 Å². The van der Waals surface area contributed by atoms with Crippen molar-refractivity contribution >= 4 is 31.5 Å². The highest BCUT2D eigenvalue weighted by molar-refractivity contribution is 6.76. The minimum atomic E-state index is -1.24. The van der Waals surface area contributed by atoms with Gasteiger partial charge in [0.25, 0.3) is 0 Å². The van der Waals surface area contributed by atoms with Gasteiger partial charge in [0.1, 0.15) is 30.0 Å². The third-order valence-corrected chi connectivity index (χ3v) is 8.25. The van der Waals surface area contributed by atoms with Gasteiger partial charge in [-0.05, 0) is 31.2 Å². The lowest BCUT2D eigenvalue weighted by molar-refractivity contribution is -0.128. The summed E-state index contributed by atoms with van der Waals surface area (Å²) in [5.74, 6) is -0.468. The van der Waals surface area contributed by atoms with Crippen LogP contribution in [0.2, 0.25) is 30.7 Å². The number of imidazole rings is 1. The summed E-state index contributed by atoms with van der Waals surface area (Å²) in [5.41, 5.74) is 1.28. The molecule has 220 valence electrons. The molecule has 0 unspecified atom stereocenters. The second kappa shape index (κ2) is 13.9. The first kappa shape index (κ1) is 32.0. The van der Waals surface area contributed by atoms with Crippen LogP contribution in [0.25, 0.3) is 11.3 Å². The van der Waals surface area contributed by atoms with Gasteiger partial charge in [-0.1, -0.05) is 31.2 Å². The summed E-state index contributed by atoms with van der Waals surface area (Å²) in [6.45, 7) is 9.97. The van der Waals surface area contributed by atoms with Crippen molar-refractivity contribution in [3.05, 3.63) is 58.5 Å². The number of hydrogen-bond acceptors (Lipinski definition) is 6. The number of likely N-dealkylation sites (N-methyl/N-ethyl adjacent to an activating group) is 1. The van der Waals surface area contributed by atoms with E-state index < -0.39 is 13.9 Å². The number of rotatable bonds is 13. The molecule has 0 saturated carbocycles. The highest BCUT2D eigenvalue weighted by Crippen LogP contribution is 2.26. The summed E-state index contributed by atoms with van der Waals surface area (Å²) in [6, 6.07) is 6.93. The van der Waals surface area contributed by atoms with Crippen LogP contribution < -0.4 is 5.32 Å². The van der Waals surface area contributed by atoms with Crippen molar-refractivity contribution in [2.45, 2.75) is 64.8 Å². The summed E-state index contributed by atoms with van der Waals surface area (Å²) < 4.78 is 23.5. The van der Waals surface area contributed by atoms with Crippen LogP contribution in [0.15, 0.2) is 30.6 Å². The van der Waals surface area contributed by atoms with Gasteiger partial charge in [-0.2, -0.15) is 10.4 Å². The highest BCUT2D eigenvalue weighted by atomic mass is 35.5. The van der Waals surface area contributed by atoms with Gasteiger partial charge in [0, 0.05) is 52.8 Å². The van der Waals surface area contributed by atoms with Crippen LogP contribution in [0, 0.1) is 17.1 Å². The molecule has 0 radical (unpaired) electrons. The van der Waals surface area contributed by atoms with Gasteiger partial charge in [-0.3, -0.25) is 14.3 Å². The number of nitrogens with zero attached hydrogens (tertiary/aromatic N) is 6. The van der Waals surface area contributed by atoms with Gasteiger partial charge in [0.2, 0.25) is 11.8 Å². The molecule has 0 aliphatic rings. The molecule has 10 nitrogen and oxygen atoms in total. The zero-order chi connectivity index (χ0) is 30.3. The second-order valence-electron chi connectivity index (χ2n) is 11.4. The molecule has 1 aromatic carbocycles. The number of benzene rings is 1. The van der Waals surface area contributed by atoms with Gasteiger partial charge in [-0.25, -0.2) is 9.37 Å². The van der Waals surface area contributed by atoms with Crippen LogP contribution in [0.3, 0.4) is 0 Å². The largest absolute Gasteiger partial charge is 0.361 e. The van der Waals surface area contributed by atoms with Crippen LogP contribution in [0.1, 0.15) is 24.0 Å². The van der Waals surface area contributed by atoms with Crippen molar-refractivity contribution in [1.82, 2.24) is 29.5 Å². The van der Waals surface area contributed by atoms with E-state index in [-0.39, 0.29) is 48.0 Å². The lowest BCUT2D eigenvalue weighted by Gasteiger charge is -2.16. The Morgan fingerprint density at radius 3 is 2.63 bits per heavy atom. The van der Waals surface area contributed by atoms with Crippen LogP contribution in [-0.4, -0.2) is 70.9 Å². The number of nitrogens with one attached hydrogen (secondary N) is 1. The predicted molar refractivity (Wildman–Crippen MR) is 157 cm³/mol. The van der Waals surface area contributed by atoms with E-state index in [2.05, 4.69) is 35.0 Å². The Labute approximate surface area is 246 Å². The maximum Gasteiger partial charge on any atom is 0.229 e. The molecular weight excluding hydrogens is 565 g/mol. The summed E-state index contributed by atoms with van der Waals surface area (Å²) in [5, 5.41) is 16.4. The number of aromatic nitrogens is 4. The van der Waals surface area contributed by atoms with Gasteiger partial charge >= 0.3 is 0 Å². The molecule has 1 atom stereocenters. The molecule has 13 heteroatoms. The number of carbonyl (C=O) groups is 2. The Morgan fingerprint density at radius 2 is 2.00 bits per heavy atom. The maximum absolute atomic E-state index is 14.2. The average Bonchev–Trinajstić information content (AvgIpc) is 3.47. The number of carbonyl (C=O) groups excluding carboxylic acids is 2. The molecule has 2 aromatic heterocycles. The fourth-order valence-corrected chi connectivity index (χ4v) is 4.95. The van der Waals surface area contributed by atoms with E-state index >= 15 is 0 Å². The van der Waals surface area contributed by atoms with Crippen LogP contribution >= 0.6 is 11.6 Å². The molecular formula is C28H37ClFN7O3Si. The summed E-state index contributed by atoms with van der Waals surface area (Å²) in [4.78, 5) is 31.2. The molecule has 0 aliphatic heterocycles. The standard InChI is InChI=1S/C28H37ClFN7O3Si/c1-19(16-37-8-7-25(34-37)20-11-23(29)22(15-31)24(30)12-20)32-27(38)13-21-17-36(18-40-9-10-41(4,5)6)26(33-21)14-28(39)35(2)3/h7-8,11-12,17,19H,9-10,13-14,16,18H2,1-6H3,(H,32,38)/t19-/m0/s1. The lowest BCUT2D eigenvalue weighted by atomic mass is 10.1. The Hall–Kier alpha value is -3.53. The van der Waals surface area contributed by atoms with Crippen molar-refractivity contribution in [3.63, 3.8) is 0 Å². The van der Waals surface area contributed by atoms with Crippen molar-refractivity contribution in [2.24, 2.45) is 0 Å². The molecule has 3 rings (SSSR count). The molecule has 41 heavy (non-hydrogen) atoms. The van der Waals surface area contributed by atoms with E-state index in [4.69, 9.17) is 21.6 Å².